The first-order valence-electron chi connectivity index (χ1n) is 11.4. The fraction of sp³-hybridized carbons (Fsp3) is 0.308. The molecule has 0 saturated heterocycles. The monoisotopic (exact) mass is 462 g/mol. The summed E-state index contributed by atoms with van der Waals surface area (Å²) in [6, 6.07) is 11.1. The number of phenolic OH excluding ortho intramolecular Hbond substituents is 1. The maximum atomic E-state index is 13.7. The van der Waals surface area contributed by atoms with E-state index in [1.807, 2.05) is 0 Å². The van der Waals surface area contributed by atoms with E-state index in [-0.39, 0.29) is 35.8 Å². The number of hydrogen-bond acceptors (Lipinski definition) is 5. The molecule has 1 atom stereocenters. The largest absolute Gasteiger partial charge is 0.508 e. The van der Waals surface area contributed by atoms with Gasteiger partial charge < -0.3 is 15.3 Å². The van der Waals surface area contributed by atoms with Gasteiger partial charge in [-0.2, -0.15) is 0 Å². The Morgan fingerprint density at radius 3 is 2.38 bits per heavy atom. The number of hydrogen-bond donors (Lipinski definition) is 2. The lowest BCUT2D eigenvalue weighted by Crippen LogP contribution is -2.47. The highest BCUT2D eigenvalue weighted by molar-refractivity contribution is 5.96. The number of phenols is 1. The topological polar surface area (TPSA) is 95.4 Å². The Kier molecular flexibility index (Phi) is 7.47. The van der Waals surface area contributed by atoms with Gasteiger partial charge in [-0.1, -0.05) is 43.5 Å². The van der Waals surface area contributed by atoms with Gasteiger partial charge in [-0.3, -0.25) is 14.6 Å². The van der Waals surface area contributed by atoms with Gasteiger partial charge in [0.05, 0.1) is 6.20 Å². The second-order valence-electron chi connectivity index (χ2n) is 8.49. The molecule has 2 aromatic carbocycles. The molecule has 176 valence electrons. The van der Waals surface area contributed by atoms with Crippen LogP contribution in [0.1, 0.15) is 59.8 Å². The van der Waals surface area contributed by atoms with Gasteiger partial charge in [0.15, 0.2) is 0 Å². The van der Waals surface area contributed by atoms with Crippen LogP contribution < -0.4 is 5.32 Å². The minimum absolute atomic E-state index is 0.0418. The van der Waals surface area contributed by atoms with E-state index >= 15 is 0 Å². The van der Waals surface area contributed by atoms with Gasteiger partial charge in [-0.25, -0.2) is 9.37 Å². The van der Waals surface area contributed by atoms with Crippen LogP contribution in [0.3, 0.4) is 0 Å². The van der Waals surface area contributed by atoms with Gasteiger partial charge in [-0.05, 0) is 48.2 Å². The van der Waals surface area contributed by atoms with Gasteiger partial charge in [0.1, 0.15) is 23.3 Å². The molecule has 7 nitrogen and oxygen atoms in total. The Balaban J connectivity index is 1.73. The third-order valence-corrected chi connectivity index (χ3v) is 6.03. The van der Waals surface area contributed by atoms with E-state index in [2.05, 4.69) is 15.3 Å². The quantitative estimate of drug-likeness (QED) is 0.550. The summed E-state index contributed by atoms with van der Waals surface area (Å²) in [6.45, 7) is 0.0549. The highest BCUT2D eigenvalue weighted by atomic mass is 19.1. The van der Waals surface area contributed by atoms with E-state index in [0.29, 0.717) is 11.1 Å². The van der Waals surface area contributed by atoms with Crippen molar-refractivity contribution in [2.24, 2.45) is 0 Å². The number of halogens is 1. The number of nitrogens with zero attached hydrogens (tertiary/aromatic N) is 3. The first kappa shape index (κ1) is 23.4. The van der Waals surface area contributed by atoms with E-state index in [0.717, 1.165) is 32.1 Å². The zero-order valence-corrected chi connectivity index (χ0v) is 18.7. The molecule has 3 aromatic rings. The number of amides is 2. The fourth-order valence-electron chi connectivity index (χ4n) is 4.28. The first-order chi connectivity index (χ1) is 16.5. The van der Waals surface area contributed by atoms with Crippen molar-refractivity contribution in [2.75, 3.05) is 0 Å². The van der Waals surface area contributed by atoms with Gasteiger partial charge in [0.25, 0.3) is 5.91 Å². The van der Waals surface area contributed by atoms with Crippen LogP contribution in [0.15, 0.2) is 67.1 Å². The van der Waals surface area contributed by atoms with Crippen LogP contribution in [0, 0.1) is 5.82 Å². The number of nitrogens with one attached hydrogen (secondary N) is 1. The van der Waals surface area contributed by atoms with Crippen LogP contribution in [0.2, 0.25) is 0 Å². The molecule has 1 fully saturated rings. The molecule has 1 aliphatic carbocycles. The van der Waals surface area contributed by atoms with Crippen LogP contribution in [0.5, 0.6) is 5.75 Å². The molecule has 8 heteroatoms. The Hall–Kier alpha value is -3.81. The number of carbonyl (C=O) groups is 2. The second-order valence-corrected chi connectivity index (χ2v) is 8.49. The molecule has 1 heterocycles. The molecule has 0 aliphatic heterocycles. The Bertz CT molecular complexity index is 1100. The minimum Gasteiger partial charge on any atom is -0.508 e. The maximum absolute atomic E-state index is 13.7. The van der Waals surface area contributed by atoms with Crippen molar-refractivity contribution < 1.29 is 19.1 Å². The average Bonchev–Trinajstić information content (AvgIpc) is 2.86. The molecule has 2 amide bonds. The summed E-state index contributed by atoms with van der Waals surface area (Å²) >= 11 is 0. The lowest BCUT2D eigenvalue weighted by molar-refractivity contribution is -0.127. The number of aromatic hydroxyl groups is 1. The zero-order valence-electron chi connectivity index (χ0n) is 18.7. The van der Waals surface area contributed by atoms with Crippen molar-refractivity contribution in [1.82, 2.24) is 20.2 Å². The summed E-state index contributed by atoms with van der Waals surface area (Å²) in [5.41, 5.74) is 1.30. The van der Waals surface area contributed by atoms with Crippen molar-refractivity contribution in [3.63, 3.8) is 0 Å². The summed E-state index contributed by atoms with van der Waals surface area (Å²) in [5.74, 6) is -1.12. The van der Waals surface area contributed by atoms with Crippen LogP contribution in [-0.4, -0.2) is 37.8 Å². The van der Waals surface area contributed by atoms with E-state index in [1.165, 1.54) is 47.8 Å². The predicted octanol–water partition coefficient (Wildman–Crippen LogP) is 4.15. The molecule has 1 saturated carbocycles. The third kappa shape index (κ3) is 5.75. The van der Waals surface area contributed by atoms with Gasteiger partial charge in [0.2, 0.25) is 5.91 Å². The SMILES string of the molecule is O=C(NC1CCCCC1)C(c1ccc(O)cc1)N(Cc1ccc(F)cc1)C(=O)c1cnccn1. The standard InChI is InChI=1S/C26H27FN4O3/c27-20-10-6-18(7-11-20)17-31(26(34)23-16-28-14-15-29-23)24(19-8-12-22(32)13-9-19)25(33)30-21-4-2-1-3-5-21/h6-16,21,24,32H,1-5,17H2,(H,30,33). The third-order valence-electron chi connectivity index (χ3n) is 6.03. The fourth-order valence-corrected chi connectivity index (χ4v) is 4.28. The maximum Gasteiger partial charge on any atom is 0.275 e. The van der Waals surface area contributed by atoms with E-state index in [9.17, 15) is 19.1 Å². The Labute approximate surface area is 197 Å². The number of carbonyl (C=O) groups excluding carboxylic acids is 2. The van der Waals surface area contributed by atoms with Crippen LogP contribution in [-0.2, 0) is 11.3 Å². The molecule has 0 radical (unpaired) electrons. The minimum atomic E-state index is -0.984. The highest BCUT2D eigenvalue weighted by Crippen LogP contribution is 2.28. The Morgan fingerprint density at radius 2 is 1.74 bits per heavy atom. The summed E-state index contributed by atoms with van der Waals surface area (Å²) in [5, 5.41) is 12.9. The van der Waals surface area contributed by atoms with E-state index < -0.39 is 11.9 Å². The second kappa shape index (κ2) is 10.9. The predicted molar refractivity (Wildman–Crippen MR) is 124 cm³/mol. The lowest BCUT2D eigenvalue weighted by Gasteiger charge is -2.33. The molecule has 1 aliphatic rings. The van der Waals surface area contributed by atoms with Crippen molar-refractivity contribution in [3.8, 4) is 5.75 Å². The van der Waals surface area contributed by atoms with Crippen LogP contribution in [0.4, 0.5) is 4.39 Å². The number of benzene rings is 2. The number of aromatic nitrogens is 2. The summed E-state index contributed by atoms with van der Waals surface area (Å²) in [7, 11) is 0. The van der Waals surface area contributed by atoms with Crippen LogP contribution in [0.25, 0.3) is 0 Å². The lowest BCUT2D eigenvalue weighted by atomic mass is 9.94. The van der Waals surface area contributed by atoms with Crippen molar-refractivity contribution in [1.29, 1.82) is 0 Å². The summed E-state index contributed by atoms with van der Waals surface area (Å²) in [4.78, 5) is 36.8. The smallest absolute Gasteiger partial charge is 0.275 e. The molecule has 2 N–H and O–H groups in total. The first-order valence-corrected chi connectivity index (χ1v) is 11.4. The van der Waals surface area contributed by atoms with Crippen molar-refractivity contribution in [3.05, 3.63) is 89.8 Å². The van der Waals surface area contributed by atoms with Crippen molar-refractivity contribution in [2.45, 2.75) is 50.7 Å². The molecular weight excluding hydrogens is 435 g/mol. The molecule has 0 spiro atoms. The van der Waals surface area contributed by atoms with E-state index in [1.54, 1.807) is 24.3 Å². The molecule has 1 aromatic heterocycles. The van der Waals surface area contributed by atoms with Crippen molar-refractivity contribution >= 4 is 11.8 Å². The average molecular weight is 463 g/mol. The summed E-state index contributed by atoms with van der Waals surface area (Å²) in [6.07, 6.45) is 9.27. The van der Waals surface area contributed by atoms with Gasteiger partial charge in [0, 0.05) is 25.0 Å². The zero-order chi connectivity index (χ0) is 23.9. The molecule has 0 bridgehead atoms. The van der Waals surface area contributed by atoms with Crippen LogP contribution >= 0.6 is 0 Å². The number of rotatable bonds is 7. The molecule has 34 heavy (non-hydrogen) atoms. The molecular formula is C26H27FN4O3. The molecule has 4 rings (SSSR count). The summed E-state index contributed by atoms with van der Waals surface area (Å²) < 4.78 is 13.5. The van der Waals surface area contributed by atoms with E-state index in [4.69, 9.17) is 0 Å². The Morgan fingerprint density at radius 1 is 1.03 bits per heavy atom. The molecule has 1 unspecified atom stereocenters. The highest BCUT2D eigenvalue weighted by Gasteiger charge is 2.34. The normalized spacial score (nSPS) is 14.9. The van der Waals surface area contributed by atoms with Gasteiger partial charge >= 0.3 is 0 Å². The van der Waals surface area contributed by atoms with Gasteiger partial charge in [-0.15, -0.1) is 0 Å².